The van der Waals surface area contributed by atoms with Gasteiger partial charge in [0.25, 0.3) is 0 Å². The van der Waals surface area contributed by atoms with Gasteiger partial charge in [0.05, 0.1) is 5.25 Å². The largest absolute Gasteiger partial charge is 0.349 e. The lowest BCUT2D eigenvalue weighted by Gasteiger charge is -2.28. The van der Waals surface area contributed by atoms with Crippen LogP contribution in [0.2, 0.25) is 0 Å². The summed E-state index contributed by atoms with van der Waals surface area (Å²) in [5.41, 5.74) is 0. The number of nitrogens with one attached hydrogen (secondary N) is 1. The molecule has 106 valence electrons. The molecule has 0 spiro atoms. The van der Waals surface area contributed by atoms with Gasteiger partial charge < -0.3 is 10.2 Å². The van der Waals surface area contributed by atoms with Crippen molar-refractivity contribution in [1.82, 2.24) is 10.2 Å². The molecule has 0 radical (unpaired) electrons. The Bertz CT molecular complexity index is 379. The normalized spacial score (nSPS) is 24.8. The zero-order valence-corrected chi connectivity index (χ0v) is 12.3. The molecule has 0 aliphatic heterocycles. The summed E-state index contributed by atoms with van der Waals surface area (Å²) in [5, 5.41) is 3.08. The van der Waals surface area contributed by atoms with Crippen LogP contribution in [-0.4, -0.2) is 57.4 Å². The summed E-state index contributed by atoms with van der Waals surface area (Å²) in [5.74, 6) is 0.0953. The number of carbonyl (C=O) groups is 1. The molecule has 1 N–H and O–H groups in total. The van der Waals surface area contributed by atoms with Gasteiger partial charge in [-0.15, -0.1) is 0 Å². The second-order valence-electron chi connectivity index (χ2n) is 5.31. The number of carbonyl (C=O) groups excluding carboxylic acids is 1. The van der Waals surface area contributed by atoms with Gasteiger partial charge in [-0.1, -0.05) is 6.42 Å². The minimum absolute atomic E-state index is 0.0953. The fourth-order valence-corrected chi connectivity index (χ4v) is 3.50. The number of hydrogen-bond acceptors (Lipinski definition) is 4. The van der Waals surface area contributed by atoms with E-state index in [0.717, 1.165) is 19.3 Å². The van der Waals surface area contributed by atoms with Gasteiger partial charge in [-0.2, -0.15) is 0 Å². The molecule has 1 saturated carbocycles. The zero-order chi connectivity index (χ0) is 13.8. The van der Waals surface area contributed by atoms with E-state index in [1.165, 1.54) is 6.26 Å². The smallest absolute Gasteiger partial charge is 0.223 e. The van der Waals surface area contributed by atoms with Crippen molar-refractivity contribution in [1.29, 1.82) is 0 Å². The zero-order valence-electron chi connectivity index (χ0n) is 11.5. The van der Waals surface area contributed by atoms with Crippen LogP contribution in [0.15, 0.2) is 0 Å². The van der Waals surface area contributed by atoms with Crippen LogP contribution in [0, 0.1) is 0 Å². The Hall–Kier alpha value is -0.620. The van der Waals surface area contributed by atoms with E-state index in [-0.39, 0.29) is 17.2 Å². The standard InChI is InChI=1S/C12H24N2O3S/c1-14(2)12(15)7-8-13-10-5-4-6-11(9-10)18(3,16)17/h10-11,13H,4-9H2,1-3H3. The summed E-state index contributed by atoms with van der Waals surface area (Å²) < 4.78 is 23.0. The molecule has 1 amide bonds. The molecule has 0 saturated heterocycles. The van der Waals surface area contributed by atoms with Gasteiger partial charge in [-0.05, 0) is 19.3 Å². The molecule has 6 heteroatoms. The predicted octanol–water partition coefficient (Wildman–Crippen LogP) is 0.410. The van der Waals surface area contributed by atoms with E-state index in [1.807, 2.05) is 0 Å². The van der Waals surface area contributed by atoms with Crippen LogP contribution >= 0.6 is 0 Å². The van der Waals surface area contributed by atoms with Gasteiger partial charge in [0.2, 0.25) is 5.91 Å². The topological polar surface area (TPSA) is 66.5 Å². The van der Waals surface area contributed by atoms with Crippen LogP contribution in [0.25, 0.3) is 0 Å². The lowest BCUT2D eigenvalue weighted by atomic mass is 9.95. The van der Waals surface area contributed by atoms with Crippen molar-refractivity contribution in [3.8, 4) is 0 Å². The molecule has 1 fully saturated rings. The Kier molecular flexibility index (Phi) is 5.59. The second kappa shape index (κ2) is 6.52. The van der Waals surface area contributed by atoms with E-state index in [1.54, 1.807) is 19.0 Å². The third-order valence-electron chi connectivity index (χ3n) is 3.50. The van der Waals surface area contributed by atoms with E-state index < -0.39 is 9.84 Å². The van der Waals surface area contributed by atoms with E-state index in [9.17, 15) is 13.2 Å². The van der Waals surface area contributed by atoms with E-state index >= 15 is 0 Å². The first-order chi connectivity index (χ1) is 8.30. The van der Waals surface area contributed by atoms with Gasteiger partial charge in [0, 0.05) is 39.4 Å². The summed E-state index contributed by atoms with van der Waals surface area (Å²) in [7, 11) is 0.549. The molecule has 1 rings (SSSR count). The molecule has 18 heavy (non-hydrogen) atoms. The lowest BCUT2D eigenvalue weighted by molar-refractivity contribution is -0.128. The number of rotatable bonds is 5. The Morgan fingerprint density at radius 2 is 2.00 bits per heavy atom. The summed E-state index contributed by atoms with van der Waals surface area (Å²) in [6.45, 7) is 0.623. The summed E-state index contributed by atoms with van der Waals surface area (Å²) in [4.78, 5) is 13.0. The SMILES string of the molecule is CN(C)C(=O)CCNC1CCCC(S(C)(=O)=O)C1. The van der Waals surface area contributed by atoms with Gasteiger partial charge in [0.15, 0.2) is 0 Å². The number of sulfone groups is 1. The summed E-state index contributed by atoms with van der Waals surface area (Å²) >= 11 is 0. The number of nitrogens with zero attached hydrogens (tertiary/aromatic N) is 1. The van der Waals surface area contributed by atoms with Crippen molar-refractivity contribution in [3.63, 3.8) is 0 Å². The molecule has 1 aliphatic rings. The van der Waals surface area contributed by atoms with Crippen molar-refractivity contribution in [3.05, 3.63) is 0 Å². The van der Waals surface area contributed by atoms with E-state index in [0.29, 0.717) is 19.4 Å². The monoisotopic (exact) mass is 276 g/mol. The first-order valence-corrected chi connectivity index (χ1v) is 8.38. The van der Waals surface area contributed by atoms with Crippen LogP contribution in [0.4, 0.5) is 0 Å². The number of hydrogen-bond donors (Lipinski definition) is 1. The highest BCUT2D eigenvalue weighted by Crippen LogP contribution is 2.23. The Morgan fingerprint density at radius 1 is 1.33 bits per heavy atom. The molecule has 2 atom stereocenters. The highest BCUT2D eigenvalue weighted by molar-refractivity contribution is 7.91. The van der Waals surface area contributed by atoms with Crippen molar-refractivity contribution >= 4 is 15.7 Å². The quantitative estimate of drug-likeness (QED) is 0.790. The first-order valence-electron chi connectivity index (χ1n) is 6.43. The number of amides is 1. The van der Waals surface area contributed by atoms with Crippen LogP contribution in [0.5, 0.6) is 0 Å². The molecule has 5 nitrogen and oxygen atoms in total. The first kappa shape index (κ1) is 15.4. The molecular formula is C12H24N2O3S. The van der Waals surface area contributed by atoms with Gasteiger partial charge in [0.1, 0.15) is 9.84 Å². The minimum atomic E-state index is -2.93. The fraction of sp³-hybridized carbons (Fsp3) is 0.917. The van der Waals surface area contributed by atoms with Crippen LogP contribution in [0.3, 0.4) is 0 Å². The molecule has 0 heterocycles. The summed E-state index contributed by atoms with van der Waals surface area (Å²) in [6.07, 6.45) is 5.17. The molecule has 0 aromatic carbocycles. The van der Waals surface area contributed by atoms with Gasteiger partial charge >= 0.3 is 0 Å². The van der Waals surface area contributed by atoms with Crippen molar-refractivity contribution in [2.45, 2.75) is 43.4 Å². The van der Waals surface area contributed by atoms with Crippen molar-refractivity contribution < 1.29 is 13.2 Å². The molecular weight excluding hydrogens is 252 g/mol. The molecule has 1 aliphatic carbocycles. The second-order valence-corrected chi connectivity index (χ2v) is 7.63. The Balaban J connectivity index is 2.33. The third-order valence-corrected chi connectivity index (χ3v) is 5.14. The van der Waals surface area contributed by atoms with Crippen LogP contribution in [-0.2, 0) is 14.6 Å². The maximum atomic E-state index is 11.5. The van der Waals surface area contributed by atoms with Gasteiger partial charge in [-0.3, -0.25) is 4.79 Å². The van der Waals surface area contributed by atoms with E-state index in [4.69, 9.17) is 0 Å². The van der Waals surface area contributed by atoms with Crippen LogP contribution in [0.1, 0.15) is 32.1 Å². The molecule has 0 aromatic heterocycles. The maximum absolute atomic E-state index is 11.5. The Morgan fingerprint density at radius 3 is 2.56 bits per heavy atom. The summed E-state index contributed by atoms with van der Waals surface area (Å²) in [6, 6.07) is 0.230. The average molecular weight is 276 g/mol. The maximum Gasteiger partial charge on any atom is 0.223 e. The average Bonchev–Trinajstić information content (AvgIpc) is 2.28. The molecule has 0 bridgehead atoms. The fourth-order valence-electron chi connectivity index (χ4n) is 2.33. The molecule has 0 aromatic rings. The van der Waals surface area contributed by atoms with Gasteiger partial charge in [-0.25, -0.2) is 8.42 Å². The van der Waals surface area contributed by atoms with E-state index in [2.05, 4.69) is 5.32 Å². The highest BCUT2D eigenvalue weighted by atomic mass is 32.2. The minimum Gasteiger partial charge on any atom is -0.349 e. The van der Waals surface area contributed by atoms with Crippen molar-refractivity contribution in [2.75, 3.05) is 26.9 Å². The van der Waals surface area contributed by atoms with Crippen molar-refractivity contribution in [2.24, 2.45) is 0 Å². The molecule has 2 unspecified atom stereocenters. The predicted molar refractivity (Wildman–Crippen MR) is 72.2 cm³/mol. The lowest BCUT2D eigenvalue weighted by Crippen LogP contribution is -2.40. The van der Waals surface area contributed by atoms with Crippen LogP contribution < -0.4 is 5.32 Å². The Labute approximate surface area is 110 Å². The third kappa shape index (κ3) is 4.94. The highest BCUT2D eigenvalue weighted by Gasteiger charge is 2.28.